The highest BCUT2D eigenvalue weighted by Gasteiger charge is 2.02. The van der Waals surface area contributed by atoms with Crippen LogP contribution in [0.15, 0.2) is 47.4 Å². The van der Waals surface area contributed by atoms with Crippen molar-refractivity contribution < 1.29 is 4.39 Å². The molecule has 2 aromatic carbocycles. The van der Waals surface area contributed by atoms with Gasteiger partial charge >= 0.3 is 0 Å². The van der Waals surface area contributed by atoms with Gasteiger partial charge in [-0.2, -0.15) is 0 Å². The van der Waals surface area contributed by atoms with Gasteiger partial charge in [-0.1, -0.05) is 25.1 Å². The first-order valence-corrected chi connectivity index (χ1v) is 8.35. The Morgan fingerprint density at radius 2 is 1.86 bits per heavy atom. The summed E-state index contributed by atoms with van der Waals surface area (Å²) in [6, 6.07) is 13.7. The van der Waals surface area contributed by atoms with Crippen LogP contribution in [0.3, 0.4) is 0 Å². The number of thioether (sulfide) groups is 1. The van der Waals surface area contributed by atoms with Gasteiger partial charge in [-0.05, 0) is 60.8 Å². The molecule has 0 saturated heterocycles. The molecular formula is C18H22FNS. The summed E-state index contributed by atoms with van der Waals surface area (Å²) < 4.78 is 13.1. The number of aryl methyl sites for hydroxylation is 1. The molecule has 1 nitrogen and oxygen atoms in total. The molecular weight excluding hydrogens is 281 g/mol. The van der Waals surface area contributed by atoms with Crippen LogP contribution >= 0.6 is 11.8 Å². The Hall–Kier alpha value is -1.32. The number of benzene rings is 2. The third kappa shape index (κ3) is 5.18. The molecule has 0 unspecified atom stereocenters. The molecule has 0 heterocycles. The van der Waals surface area contributed by atoms with Crippen LogP contribution < -0.4 is 5.32 Å². The smallest absolute Gasteiger partial charge is 0.123 e. The molecule has 0 amide bonds. The Labute approximate surface area is 131 Å². The SMILES string of the molecule is CCCNCc1ccc(SCc2ccc(F)cc2C)cc1. The molecule has 0 radical (unpaired) electrons. The average Bonchev–Trinajstić information content (AvgIpc) is 2.48. The third-order valence-corrected chi connectivity index (χ3v) is 4.44. The highest BCUT2D eigenvalue weighted by molar-refractivity contribution is 7.98. The van der Waals surface area contributed by atoms with Crippen LogP contribution in [-0.2, 0) is 12.3 Å². The lowest BCUT2D eigenvalue weighted by molar-refractivity contribution is 0.626. The molecule has 112 valence electrons. The molecule has 0 spiro atoms. The monoisotopic (exact) mass is 303 g/mol. The fourth-order valence-corrected chi connectivity index (χ4v) is 3.07. The van der Waals surface area contributed by atoms with Crippen molar-refractivity contribution in [2.45, 2.75) is 37.5 Å². The summed E-state index contributed by atoms with van der Waals surface area (Å²) in [5, 5.41) is 3.40. The van der Waals surface area contributed by atoms with Crippen molar-refractivity contribution in [3.8, 4) is 0 Å². The van der Waals surface area contributed by atoms with E-state index in [9.17, 15) is 4.39 Å². The topological polar surface area (TPSA) is 12.0 Å². The molecule has 0 aromatic heterocycles. The first-order valence-electron chi connectivity index (χ1n) is 7.36. The van der Waals surface area contributed by atoms with Crippen LogP contribution in [-0.4, -0.2) is 6.54 Å². The van der Waals surface area contributed by atoms with Crippen molar-refractivity contribution in [1.29, 1.82) is 0 Å². The number of nitrogens with one attached hydrogen (secondary N) is 1. The van der Waals surface area contributed by atoms with Gasteiger partial charge in [0.2, 0.25) is 0 Å². The first kappa shape index (κ1) is 16.1. The van der Waals surface area contributed by atoms with Crippen LogP contribution in [0, 0.1) is 12.7 Å². The van der Waals surface area contributed by atoms with Crippen molar-refractivity contribution in [2.75, 3.05) is 6.54 Å². The largest absolute Gasteiger partial charge is 0.313 e. The summed E-state index contributed by atoms with van der Waals surface area (Å²) in [5.41, 5.74) is 3.52. The summed E-state index contributed by atoms with van der Waals surface area (Å²) in [4.78, 5) is 1.25. The normalized spacial score (nSPS) is 10.8. The van der Waals surface area contributed by atoms with Crippen molar-refractivity contribution >= 4 is 11.8 Å². The van der Waals surface area contributed by atoms with E-state index < -0.39 is 0 Å². The Morgan fingerprint density at radius 3 is 2.52 bits per heavy atom. The molecule has 2 rings (SSSR count). The lowest BCUT2D eigenvalue weighted by Crippen LogP contribution is -2.13. The van der Waals surface area contributed by atoms with Gasteiger partial charge in [-0.15, -0.1) is 11.8 Å². The molecule has 0 aliphatic rings. The summed E-state index contributed by atoms with van der Waals surface area (Å²) in [5.74, 6) is 0.713. The summed E-state index contributed by atoms with van der Waals surface area (Å²) in [6.07, 6.45) is 1.16. The molecule has 3 heteroatoms. The minimum Gasteiger partial charge on any atom is -0.313 e. The maximum absolute atomic E-state index is 13.1. The maximum atomic E-state index is 13.1. The highest BCUT2D eigenvalue weighted by Crippen LogP contribution is 2.25. The fraction of sp³-hybridized carbons (Fsp3) is 0.333. The van der Waals surface area contributed by atoms with E-state index in [4.69, 9.17) is 0 Å². The second-order valence-electron chi connectivity index (χ2n) is 5.18. The Morgan fingerprint density at radius 1 is 1.10 bits per heavy atom. The van der Waals surface area contributed by atoms with Gasteiger partial charge in [0.1, 0.15) is 5.82 Å². The zero-order valence-electron chi connectivity index (χ0n) is 12.7. The lowest BCUT2D eigenvalue weighted by atomic mass is 10.1. The molecule has 21 heavy (non-hydrogen) atoms. The Kier molecular flexibility index (Phi) is 6.27. The van der Waals surface area contributed by atoms with E-state index in [1.165, 1.54) is 22.1 Å². The van der Waals surface area contributed by atoms with Gasteiger partial charge in [0.25, 0.3) is 0 Å². The second kappa shape index (κ2) is 8.20. The van der Waals surface area contributed by atoms with E-state index in [2.05, 4.69) is 36.5 Å². The quantitative estimate of drug-likeness (QED) is 0.575. The highest BCUT2D eigenvalue weighted by atomic mass is 32.2. The van der Waals surface area contributed by atoms with Gasteiger partial charge < -0.3 is 5.32 Å². The van der Waals surface area contributed by atoms with E-state index in [0.717, 1.165) is 30.8 Å². The lowest BCUT2D eigenvalue weighted by Gasteiger charge is -2.07. The number of hydrogen-bond acceptors (Lipinski definition) is 2. The van der Waals surface area contributed by atoms with Crippen LogP contribution in [0.4, 0.5) is 4.39 Å². The van der Waals surface area contributed by atoms with Crippen molar-refractivity contribution in [3.05, 3.63) is 65.0 Å². The van der Waals surface area contributed by atoms with Crippen LogP contribution in [0.1, 0.15) is 30.0 Å². The van der Waals surface area contributed by atoms with Gasteiger partial charge in [0.15, 0.2) is 0 Å². The second-order valence-corrected chi connectivity index (χ2v) is 6.23. The predicted molar refractivity (Wildman–Crippen MR) is 89.1 cm³/mol. The summed E-state index contributed by atoms with van der Waals surface area (Å²) >= 11 is 1.79. The number of halogens is 1. The third-order valence-electron chi connectivity index (χ3n) is 3.38. The zero-order chi connectivity index (χ0) is 15.1. The first-order chi connectivity index (χ1) is 10.2. The average molecular weight is 303 g/mol. The molecule has 0 atom stereocenters. The Balaban J connectivity index is 1.88. The van der Waals surface area contributed by atoms with Gasteiger partial charge in [0.05, 0.1) is 0 Å². The van der Waals surface area contributed by atoms with E-state index in [1.54, 1.807) is 17.8 Å². The number of rotatable bonds is 7. The molecule has 1 N–H and O–H groups in total. The summed E-state index contributed by atoms with van der Waals surface area (Å²) in [6.45, 7) is 6.11. The molecule has 0 bridgehead atoms. The fourth-order valence-electron chi connectivity index (χ4n) is 2.10. The van der Waals surface area contributed by atoms with Crippen LogP contribution in [0.25, 0.3) is 0 Å². The van der Waals surface area contributed by atoms with E-state index in [-0.39, 0.29) is 5.82 Å². The summed E-state index contributed by atoms with van der Waals surface area (Å²) in [7, 11) is 0. The van der Waals surface area contributed by atoms with E-state index in [1.807, 2.05) is 13.0 Å². The van der Waals surface area contributed by atoms with Gasteiger partial charge in [-0.3, -0.25) is 0 Å². The molecule has 0 aliphatic carbocycles. The van der Waals surface area contributed by atoms with Gasteiger partial charge in [-0.25, -0.2) is 4.39 Å². The molecule has 2 aromatic rings. The van der Waals surface area contributed by atoms with Crippen molar-refractivity contribution in [3.63, 3.8) is 0 Å². The van der Waals surface area contributed by atoms with E-state index >= 15 is 0 Å². The number of hydrogen-bond donors (Lipinski definition) is 1. The van der Waals surface area contributed by atoms with E-state index in [0.29, 0.717) is 0 Å². The minimum atomic E-state index is -0.162. The van der Waals surface area contributed by atoms with Crippen LogP contribution in [0.2, 0.25) is 0 Å². The van der Waals surface area contributed by atoms with Crippen LogP contribution in [0.5, 0.6) is 0 Å². The minimum absolute atomic E-state index is 0.162. The zero-order valence-corrected chi connectivity index (χ0v) is 13.5. The van der Waals surface area contributed by atoms with Gasteiger partial charge in [0, 0.05) is 17.2 Å². The maximum Gasteiger partial charge on any atom is 0.123 e. The Bertz CT molecular complexity index is 566. The standard InChI is InChI=1S/C18H22FNS/c1-3-10-20-12-15-4-8-18(9-5-15)21-13-16-6-7-17(19)11-14(16)2/h4-9,11,20H,3,10,12-13H2,1-2H3. The molecule has 0 fully saturated rings. The predicted octanol–water partition coefficient (Wildman–Crippen LogP) is 4.93. The molecule has 0 aliphatic heterocycles. The van der Waals surface area contributed by atoms with Crippen molar-refractivity contribution in [1.82, 2.24) is 5.32 Å². The van der Waals surface area contributed by atoms with Crippen molar-refractivity contribution in [2.24, 2.45) is 0 Å². The molecule has 0 saturated carbocycles.